The number of rotatable bonds is 11. The molecule has 2 aromatic rings. The molecule has 0 saturated carbocycles. The minimum absolute atomic E-state index is 0.0136. The van der Waals surface area contributed by atoms with Crippen molar-refractivity contribution in [2.45, 2.75) is 84.5 Å². The van der Waals surface area contributed by atoms with Gasteiger partial charge in [0.25, 0.3) is 0 Å². The molecule has 0 radical (unpaired) electrons. The van der Waals surface area contributed by atoms with Crippen molar-refractivity contribution in [2.24, 2.45) is 5.92 Å². The van der Waals surface area contributed by atoms with Crippen LogP contribution in [0.4, 0.5) is 29.2 Å². The van der Waals surface area contributed by atoms with Gasteiger partial charge >= 0.3 is 0 Å². The van der Waals surface area contributed by atoms with E-state index in [-0.39, 0.29) is 11.7 Å². The number of carbonyl (C=O) groups is 1. The lowest BCUT2D eigenvalue weighted by molar-refractivity contribution is -0.116. The van der Waals surface area contributed by atoms with Crippen molar-refractivity contribution in [3.8, 4) is 5.75 Å². The molecule has 3 heterocycles. The summed E-state index contributed by atoms with van der Waals surface area (Å²) in [6.07, 6.45) is 11.8. The number of amides is 1. The third-order valence-electron chi connectivity index (χ3n) is 7.10. The van der Waals surface area contributed by atoms with Crippen molar-refractivity contribution in [1.29, 1.82) is 0 Å². The highest BCUT2D eigenvalue weighted by Crippen LogP contribution is 2.29. The number of carbonyl (C=O) groups excluding carboxylic acids is 1. The maximum atomic E-state index is 12.3. The number of hydrogen-bond donors (Lipinski definition) is 3. The van der Waals surface area contributed by atoms with Crippen LogP contribution in [0, 0.1) is 5.92 Å². The summed E-state index contributed by atoms with van der Waals surface area (Å²) in [5.74, 6) is 2.52. The van der Waals surface area contributed by atoms with E-state index in [1.165, 1.54) is 19.3 Å². The Labute approximate surface area is 221 Å². The largest absolute Gasteiger partial charge is 0.506 e. The Balaban J connectivity index is 1.41. The molecule has 1 amide bonds. The van der Waals surface area contributed by atoms with E-state index in [2.05, 4.69) is 34.3 Å². The zero-order valence-electron chi connectivity index (χ0n) is 22.5. The van der Waals surface area contributed by atoms with Gasteiger partial charge in [-0.05, 0) is 63.0 Å². The quantitative estimate of drug-likeness (QED) is 0.256. The molecular weight excluding hydrogens is 466 g/mol. The Morgan fingerprint density at radius 3 is 2.08 bits per heavy atom. The monoisotopic (exact) mass is 509 g/mol. The third kappa shape index (κ3) is 8.20. The van der Waals surface area contributed by atoms with Gasteiger partial charge < -0.3 is 25.5 Å². The minimum Gasteiger partial charge on any atom is -0.506 e. The molecule has 0 atom stereocenters. The SMILES string of the molecule is CC(C)CCCCCC(=O)Nc1ccc(Nc2nc(N3CCCCC3)nc(N3CCCCC3)n2)cc1O. The molecule has 0 spiro atoms. The third-order valence-corrected chi connectivity index (χ3v) is 7.10. The van der Waals surface area contributed by atoms with E-state index in [1.807, 2.05) is 6.07 Å². The van der Waals surface area contributed by atoms with Gasteiger partial charge in [-0.1, -0.05) is 33.1 Å². The van der Waals surface area contributed by atoms with E-state index in [9.17, 15) is 9.90 Å². The highest BCUT2D eigenvalue weighted by molar-refractivity contribution is 5.92. The van der Waals surface area contributed by atoms with Crippen LogP contribution in [-0.2, 0) is 4.79 Å². The molecule has 37 heavy (non-hydrogen) atoms. The summed E-state index contributed by atoms with van der Waals surface area (Å²) in [6, 6.07) is 5.14. The molecule has 2 saturated heterocycles. The minimum atomic E-state index is -0.0737. The maximum Gasteiger partial charge on any atom is 0.233 e. The van der Waals surface area contributed by atoms with Crippen LogP contribution in [0.2, 0.25) is 0 Å². The lowest BCUT2D eigenvalue weighted by atomic mass is 10.0. The zero-order valence-corrected chi connectivity index (χ0v) is 22.5. The molecule has 9 nitrogen and oxygen atoms in total. The second kappa shape index (κ2) is 13.4. The summed E-state index contributed by atoms with van der Waals surface area (Å²) in [5, 5.41) is 16.7. The number of hydrogen-bond acceptors (Lipinski definition) is 8. The lowest BCUT2D eigenvalue weighted by Gasteiger charge is -2.30. The van der Waals surface area contributed by atoms with Gasteiger partial charge in [-0.3, -0.25) is 4.79 Å². The van der Waals surface area contributed by atoms with Crippen LogP contribution in [0.3, 0.4) is 0 Å². The second-order valence-corrected chi connectivity index (χ2v) is 10.8. The Morgan fingerprint density at radius 1 is 0.892 bits per heavy atom. The maximum absolute atomic E-state index is 12.3. The van der Waals surface area contributed by atoms with Gasteiger partial charge in [-0.2, -0.15) is 15.0 Å². The molecule has 1 aromatic heterocycles. The van der Waals surface area contributed by atoms with Crippen LogP contribution in [0.25, 0.3) is 0 Å². The fourth-order valence-corrected chi connectivity index (χ4v) is 4.95. The Morgan fingerprint density at radius 2 is 1.51 bits per heavy atom. The van der Waals surface area contributed by atoms with Crippen LogP contribution in [0.1, 0.15) is 84.5 Å². The highest BCUT2D eigenvalue weighted by Gasteiger charge is 2.20. The molecular formula is C28H43N7O2. The van der Waals surface area contributed by atoms with Crippen LogP contribution in [0.15, 0.2) is 18.2 Å². The van der Waals surface area contributed by atoms with Gasteiger partial charge in [0.15, 0.2) is 0 Å². The lowest BCUT2D eigenvalue weighted by Crippen LogP contribution is -2.34. The van der Waals surface area contributed by atoms with E-state index in [4.69, 9.17) is 15.0 Å². The summed E-state index contributed by atoms with van der Waals surface area (Å²) >= 11 is 0. The summed E-state index contributed by atoms with van der Waals surface area (Å²) in [7, 11) is 0. The molecule has 202 valence electrons. The predicted octanol–water partition coefficient (Wildman–Crippen LogP) is 5.85. The number of anilines is 5. The number of phenolic OH excluding ortho intramolecular Hbond substituents is 1. The summed E-state index contributed by atoms with van der Waals surface area (Å²) in [4.78, 5) is 31.1. The van der Waals surface area contributed by atoms with Gasteiger partial charge in [-0.15, -0.1) is 0 Å². The summed E-state index contributed by atoms with van der Waals surface area (Å²) < 4.78 is 0. The number of piperidine rings is 2. The number of benzene rings is 1. The van der Waals surface area contributed by atoms with Crippen LogP contribution >= 0.6 is 0 Å². The van der Waals surface area contributed by atoms with Crippen LogP contribution in [-0.4, -0.2) is 52.1 Å². The average molecular weight is 510 g/mol. The van der Waals surface area contributed by atoms with Gasteiger partial charge in [-0.25, -0.2) is 0 Å². The Hall–Kier alpha value is -3.10. The number of nitrogens with one attached hydrogen (secondary N) is 2. The first kappa shape index (κ1) is 26.9. The molecule has 2 aliphatic heterocycles. The van der Waals surface area contributed by atoms with E-state index in [1.54, 1.807) is 12.1 Å². The zero-order chi connectivity index (χ0) is 26.0. The average Bonchev–Trinajstić information content (AvgIpc) is 2.91. The van der Waals surface area contributed by atoms with Crippen molar-refractivity contribution < 1.29 is 9.90 Å². The van der Waals surface area contributed by atoms with Gasteiger partial charge in [0.2, 0.25) is 23.8 Å². The smallest absolute Gasteiger partial charge is 0.233 e. The van der Waals surface area contributed by atoms with E-state index in [0.29, 0.717) is 41.6 Å². The first-order chi connectivity index (χ1) is 18.0. The first-order valence-electron chi connectivity index (χ1n) is 14.1. The molecule has 4 rings (SSSR count). The molecule has 1 aromatic carbocycles. The van der Waals surface area contributed by atoms with Crippen molar-refractivity contribution in [3.05, 3.63) is 18.2 Å². The topological polar surface area (TPSA) is 107 Å². The standard InChI is InChI=1S/C28H43N7O2/c1-21(2)12-6-3-7-13-25(37)30-23-15-14-22(20-24(23)36)29-26-31-27(34-16-8-4-9-17-34)33-28(32-26)35-18-10-5-11-19-35/h14-15,20-21,36H,3-13,16-19H2,1-2H3,(H,30,37)(H,29,31,32,33). The van der Waals surface area contributed by atoms with Crippen LogP contribution in [0.5, 0.6) is 5.75 Å². The number of phenols is 1. The summed E-state index contributed by atoms with van der Waals surface area (Å²) in [6.45, 7) is 8.25. The van der Waals surface area contributed by atoms with E-state index < -0.39 is 0 Å². The van der Waals surface area contributed by atoms with Crippen molar-refractivity contribution in [2.75, 3.05) is 46.6 Å². The first-order valence-corrected chi connectivity index (χ1v) is 14.1. The van der Waals surface area contributed by atoms with Crippen molar-refractivity contribution in [3.63, 3.8) is 0 Å². The van der Waals surface area contributed by atoms with Gasteiger partial charge in [0.05, 0.1) is 5.69 Å². The van der Waals surface area contributed by atoms with Crippen molar-refractivity contribution >= 4 is 35.1 Å². The molecule has 3 N–H and O–H groups in total. The molecule has 0 bridgehead atoms. The van der Waals surface area contributed by atoms with Crippen LogP contribution < -0.4 is 20.4 Å². The fourth-order valence-electron chi connectivity index (χ4n) is 4.95. The highest BCUT2D eigenvalue weighted by atomic mass is 16.3. The number of aromatic hydroxyl groups is 1. The van der Waals surface area contributed by atoms with Gasteiger partial charge in [0, 0.05) is 44.4 Å². The number of unbranched alkanes of at least 4 members (excludes halogenated alkanes) is 2. The molecule has 2 fully saturated rings. The van der Waals surface area contributed by atoms with Crippen molar-refractivity contribution in [1.82, 2.24) is 15.0 Å². The summed E-state index contributed by atoms with van der Waals surface area (Å²) in [5.41, 5.74) is 1.07. The normalized spacial score (nSPS) is 16.2. The molecule has 9 heteroatoms. The Bertz CT molecular complexity index is 981. The Kier molecular flexibility index (Phi) is 9.79. The van der Waals surface area contributed by atoms with E-state index in [0.717, 1.165) is 71.1 Å². The molecule has 0 aliphatic carbocycles. The fraction of sp³-hybridized carbons (Fsp3) is 0.643. The predicted molar refractivity (Wildman–Crippen MR) is 150 cm³/mol. The van der Waals surface area contributed by atoms with Gasteiger partial charge in [0.1, 0.15) is 5.75 Å². The number of nitrogens with zero attached hydrogens (tertiary/aromatic N) is 5. The van der Waals surface area contributed by atoms with E-state index >= 15 is 0 Å². The molecule has 2 aliphatic rings. The molecule has 0 unspecified atom stereocenters. The number of aromatic nitrogens is 3. The second-order valence-electron chi connectivity index (χ2n) is 10.8.